The van der Waals surface area contributed by atoms with Gasteiger partial charge in [-0.25, -0.2) is 4.21 Å². The summed E-state index contributed by atoms with van der Waals surface area (Å²) in [6.07, 6.45) is 1.99. The summed E-state index contributed by atoms with van der Waals surface area (Å²) >= 11 is 12.7. The summed E-state index contributed by atoms with van der Waals surface area (Å²) in [6, 6.07) is 13.8. The second-order valence-corrected chi connectivity index (χ2v) is 15.0. The number of hydrogen-bond donors (Lipinski definition) is 0. The number of hydrogen-bond acceptors (Lipinski definition) is 6. The Balaban J connectivity index is 2.34. The third kappa shape index (κ3) is 6.82. The maximum atomic E-state index is 14.6. The molecule has 1 saturated heterocycles. The maximum Gasteiger partial charge on any atom is 0.306 e. The molecule has 216 valence electrons. The Bertz CT molecular complexity index is 1400. The Morgan fingerprint density at radius 1 is 1.15 bits per heavy atom. The molecule has 7 nitrogen and oxygen atoms in total. The normalized spacial score (nSPS) is 23.4. The molecule has 2 aromatic rings. The molecule has 1 fully saturated rings. The highest BCUT2D eigenvalue weighted by Gasteiger charge is 2.53. The molecule has 0 N–H and O–H groups in total. The first kappa shape index (κ1) is 31.9. The van der Waals surface area contributed by atoms with E-state index in [1.165, 1.54) is 7.11 Å². The van der Waals surface area contributed by atoms with Crippen molar-refractivity contribution in [2.24, 2.45) is 15.7 Å². The second kappa shape index (κ2) is 12.9. The fraction of sp³-hybridized carbons (Fsp3) is 0.500. The molecule has 1 unspecified atom stereocenters. The highest BCUT2D eigenvalue weighted by atomic mass is 35.5. The Morgan fingerprint density at radius 2 is 1.80 bits per heavy atom. The van der Waals surface area contributed by atoms with Crippen molar-refractivity contribution in [3.05, 3.63) is 69.7 Å². The Hall–Kier alpha value is -2.60. The van der Waals surface area contributed by atoms with Crippen molar-refractivity contribution in [1.29, 1.82) is 5.26 Å². The van der Waals surface area contributed by atoms with E-state index in [-0.39, 0.29) is 29.9 Å². The van der Waals surface area contributed by atoms with Gasteiger partial charge in [-0.3, -0.25) is 9.59 Å². The van der Waals surface area contributed by atoms with Crippen molar-refractivity contribution in [2.45, 2.75) is 70.7 Å². The number of methoxy groups -OCH3 is 1. The molecular formula is C30H37Cl2N3O4S. The zero-order valence-corrected chi connectivity index (χ0v) is 26.1. The number of benzene rings is 2. The van der Waals surface area contributed by atoms with Crippen LogP contribution in [0.5, 0.6) is 0 Å². The lowest BCUT2D eigenvalue weighted by Crippen LogP contribution is -2.59. The van der Waals surface area contributed by atoms with Gasteiger partial charge in [0.2, 0.25) is 12.1 Å². The van der Waals surface area contributed by atoms with Crippen molar-refractivity contribution in [3.63, 3.8) is 0 Å². The number of nitriles is 1. The summed E-state index contributed by atoms with van der Waals surface area (Å²) in [7, 11) is -1.70. The molecule has 1 amide bonds. The summed E-state index contributed by atoms with van der Waals surface area (Å²) in [5, 5.41) is 10.1. The third-order valence-electron chi connectivity index (χ3n) is 7.82. The van der Waals surface area contributed by atoms with Crippen LogP contribution in [0.25, 0.3) is 0 Å². The first-order valence-electron chi connectivity index (χ1n) is 13.3. The highest BCUT2D eigenvalue weighted by Crippen LogP contribution is 2.52. The topological polar surface area (TPSA) is 99.8 Å². The Morgan fingerprint density at radius 3 is 2.33 bits per heavy atom. The molecule has 1 heterocycles. The number of nitrogens with zero attached hydrogens (tertiary/aromatic N) is 3. The summed E-state index contributed by atoms with van der Waals surface area (Å²) < 4.78 is 22.9. The number of amides is 1. The number of carbonyl (C=O) groups is 2. The number of rotatable bonds is 9. The first-order chi connectivity index (χ1) is 18.8. The minimum absolute atomic E-state index is 0.0162. The number of piperidine rings is 1. The smallest absolute Gasteiger partial charge is 0.306 e. The van der Waals surface area contributed by atoms with Crippen molar-refractivity contribution in [2.75, 3.05) is 12.9 Å². The third-order valence-corrected chi connectivity index (χ3v) is 11.0. The predicted molar refractivity (Wildman–Crippen MR) is 159 cm³/mol. The van der Waals surface area contributed by atoms with Crippen LogP contribution in [0.2, 0.25) is 10.0 Å². The van der Waals surface area contributed by atoms with E-state index in [1.807, 2.05) is 44.2 Å². The fourth-order valence-corrected chi connectivity index (χ4v) is 7.71. The van der Waals surface area contributed by atoms with E-state index in [0.717, 1.165) is 11.1 Å². The summed E-state index contributed by atoms with van der Waals surface area (Å²) in [4.78, 5) is 29.0. The average Bonchev–Trinajstić information content (AvgIpc) is 2.89. The minimum Gasteiger partial charge on any atom is -0.469 e. The van der Waals surface area contributed by atoms with Crippen LogP contribution in [0.1, 0.15) is 70.5 Å². The van der Waals surface area contributed by atoms with Gasteiger partial charge in [0.25, 0.3) is 0 Å². The maximum absolute atomic E-state index is 14.6. The Labute approximate surface area is 248 Å². The van der Waals surface area contributed by atoms with Crippen LogP contribution < -0.4 is 0 Å². The van der Waals surface area contributed by atoms with E-state index < -0.39 is 38.4 Å². The molecule has 2 aromatic carbocycles. The zero-order valence-electron chi connectivity index (χ0n) is 23.8. The lowest BCUT2D eigenvalue weighted by Gasteiger charge is -2.53. The van der Waals surface area contributed by atoms with Crippen LogP contribution in [-0.4, -0.2) is 45.1 Å². The molecule has 0 radical (unpaired) electrons. The highest BCUT2D eigenvalue weighted by molar-refractivity contribution is 7.94. The first-order valence-corrected chi connectivity index (χ1v) is 15.8. The van der Waals surface area contributed by atoms with Crippen LogP contribution in [0.15, 0.2) is 52.9 Å². The quantitative estimate of drug-likeness (QED) is 0.226. The van der Waals surface area contributed by atoms with Gasteiger partial charge in [0, 0.05) is 27.3 Å². The van der Waals surface area contributed by atoms with E-state index in [1.54, 1.807) is 50.1 Å². The van der Waals surface area contributed by atoms with Crippen molar-refractivity contribution >= 4 is 44.8 Å². The molecule has 5 atom stereocenters. The average molecular weight is 607 g/mol. The molecule has 0 aliphatic carbocycles. The number of carbonyl (C=O) groups excluding carboxylic acids is 2. The van der Waals surface area contributed by atoms with Crippen LogP contribution in [-0.2, 0) is 24.1 Å². The second-order valence-electron chi connectivity index (χ2n) is 11.3. The van der Waals surface area contributed by atoms with Crippen molar-refractivity contribution < 1.29 is 18.5 Å². The number of halogens is 2. The van der Waals surface area contributed by atoms with E-state index in [9.17, 15) is 19.1 Å². The minimum atomic E-state index is -3.00. The van der Waals surface area contributed by atoms with Gasteiger partial charge in [0.15, 0.2) is 0 Å². The van der Waals surface area contributed by atoms with Gasteiger partial charge in [-0.15, -0.1) is 4.36 Å². The van der Waals surface area contributed by atoms with Gasteiger partial charge in [-0.2, -0.15) is 5.26 Å². The van der Waals surface area contributed by atoms with Crippen LogP contribution in [0.3, 0.4) is 0 Å². The molecule has 0 spiro atoms. The molecule has 0 aromatic heterocycles. The lowest BCUT2D eigenvalue weighted by molar-refractivity contribution is -0.162. The van der Waals surface area contributed by atoms with Crippen LogP contribution in [0, 0.1) is 22.8 Å². The molecular weight excluding hydrogens is 569 g/mol. The van der Waals surface area contributed by atoms with Crippen LogP contribution >= 0.6 is 23.2 Å². The van der Waals surface area contributed by atoms with Crippen molar-refractivity contribution in [3.8, 4) is 6.19 Å². The predicted octanol–water partition coefficient (Wildman–Crippen LogP) is 7.00. The standard InChI is InChI=1S/C30H37Cl2N3O4S/c1-19(2)26(17-40(38,20(3)4)34-18-33)35-28(21-10-12-23(31)13-11-21)25(22-8-7-9-24(32)14-22)15-30(5,29(35)37)16-27(36)39-6/h7-14,19-20,25-26,28H,15-17H2,1-6H3/t25-,26-,28-,30-,40?/m1/s1. The van der Waals surface area contributed by atoms with E-state index >= 15 is 0 Å². The van der Waals surface area contributed by atoms with Gasteiger partial charge >= 0.3 is 5.97 Å². The molecule has 0 bridgehead atoms. The van der Waals surface area contributed by atoms with E-state index in [2.05, 4.69) is 4.36 Å². The van der Waals surface area contributed by atoms with Crippen molar-refractivity contribution in [1.82, 2.24) is 4.90 Å². The molecule has 3 rings (SSSR count). The summed E-state index contributed by atoms with van der Waals surface area (Å²) in [5.74, 6) is -1.12. The SMILES string of the molecule is COC(=O)C[C@@]1(C)C[C@H](c2cccc(Cl)c2)[C@@H](c2ccc(Cl)cc2)N([C@H](CS(=O)(=NC#N)C(C)C)C(C)C)C1=O. The molecule has 40 heavy (non-hydrogen) atoms. The van der Waals surface area contributed by atoms with Gasteiger partial charge < -0.3 is 9.64 Å². The van der Waals surface area contributed by atoms with E-state index in [4.69, 9.17) is 27.9 Å². The van der Waals surface area contributed by atoms with E-state index in [0.29, 0.717) is 16.5 Å². The number of esters is 1. The largest absolute Gasteiger partial charge is 0.469 e. The summed E-state index contributed by atoms with van der Waals surface area (Å²) in [6.45, 7) is 9.25. The molecule has 1 aliphatic heterocycles. The monoisotopic (exact) mass is 605 g/mol. The number of likely N-dealkylation sites (tertiary alicyclic amines) is 1. The molecule has 1 aliphatic rings. The van der Waals surface area contributed by atoms with Crippen LogP contribution in [0.4, 0.5) is 0 Å². The lowest BCUT2D eigenvalue weighted by atomic mass is 9.66. The molecule has 10 heteroatoms. The summed E-state index contributed by atoms with van der Waals surface area (Å²) in [5.41, 5.74) is 0.651. The fourth-order valence-electron chi connectivity index (χ4n) is 5.54. The van der Waals surface area contributed by atoms with Gasteiger partial charge in [-0.1, -0.05) is 82.1 Å². The number of ether oxygens (including phenoxy) is 1. The van der Waals surface area contributed by atoms with Gasteiger partial charge in [0.1, 0.15) is 0 Å². The van der Waals surface area contributed by atoms with Gasteiger partial charge in [0.05, 0.1) is 40.5 Å². The Kier molecular flexibility index (Phi) is 10.3. The van der Waals surface area contributed by atoms with Gasteiger partial charge in [-0.05, 0) is 47.7 Å². The molecule has 0 saturated carbocycles. The zero-order chi connectivity index (χ0) is 29.8.